The van der Waals surface area contributed by atoms with Gasteiger partial charge in [-0.15, -0.1) is 0 Å². The van der Waals surface area contributed by atoms with Crippen molar-refractivity contribution in [3.05, 3.63) is 63.5 Å². The SMILES string of the molecule is Cc1cccc(/C=C/c2cc([N+](=O)[O-])ccc2O)n1. The molecule has 0 aliphatic carbocycles. The number of rotatable bonds is 3. The smallest absolute Gasteiger partial charge is 0.270 e. The normalized spacial score (nSPS) is 10.8. The van der Waals surface area contributed by atoms with Crippen LogP contribution in [0.1, 0.15) is 17.0 Å². The molecule has 5 heteroatoms. The van der Waals surface area contributed by atoms with E-state index in [1.165, 1.54) is 18.2 Å². The Morgan fingerprint density at radius 2 is 2.05 bits per heavy atom. The van der Waals surface area contributed by atoms with E-state index in [2.05, 4.69) is 4.98 Å². The second-order valence-corrected chi connectivity index (χ2v) is 4.04. The van der Waals surface area contributed by atoms with Crippen LogP contribution in [0.25, 0.3) is 12.2 Å². The largest absolute Gasteiger partial charge is 0.507 e. The minimum Gasteiger partial charge on any atom is -0.507 e. The summed E-state index contributed by atoms with van der Waals surface area (Å²) in [5.74, 6) is -0.00509. The van der Waals surface area contributed by atoms with Gasteiger partial charge in [0.05, 0.1) is 10.6 Å². The van der Waals surface area contributed by atoms with Gasteiger partial charge >= 0.3 is 0 Å². The van der Waals surface area contributed by atoms with Gasteiger partial charge in [0.1, 0.15) is 5.75 Å². The third-order valence-electron chi connectivity index (χ3n) is 2.57. The van der Waals surface area contributed by atoms with E-state index in [0.29, 0.717) is 5.56 Å². The number of aromatic hydroxyl groups is 1. The molecule has 5 nitrogen and oxygen atoms in total. The molecule has 0 aliphatic heterocycles. The molecule has 0 spiro atoms. The van der Waals surface area contributed by atoms with E-state index in [0.717, 1.165) is 11.4 Å². The Bertz CT molecular complexity index is 651. The second kappa shape index (κ2) is 5.30. The molecule has 0 saturated carbocycles. The van der Waals surface area contributed by atoms with Crippen molar-refractivity contribution in [1.29, 1.82) is 0 Å². The highest BCUT2D eigenvalue weighted by Crippen LogP contribution is 2.24. The van der Waals surface area contributed by atoms with Crippen LogP contribution in [0.3, 0.4) is 0 Å². The minimum absolute atomic E-state index is 0.00509. The van der Waals surface area contributed by atoms with Crippen LogP contribution in [-0.2, 0) is 0 Å². The number of phenols is 1. The number of non-ortho nitro benzene ring substituents is 1. The van der Waals surface area contributed by atoms with Crippen molar-refractivity contribution in [2.24, 2.45) is 0 Å². The van der Waals surface area contributed by atoms with Crippen molar-refractivity contribution >= 4 is 17.8 Å². The first-order chi connectivity index (χ1) is 9.06. The van der Waals surface area contributed by atoms with Gasteiger partial charge in [0, 0.05) is 23.4 Å². The summed E-state index contributed by atoms with van der Waals surface area (Å²) in [5, 5.41) is 20.3. The van der Waals surface area contributed by atoms with Crippen molar-refractivity contribution in [2.75, 3.05) is 0 Å². The molecule has 96 valence electrons. The van der Waals surface area contributed by atoms with Gasteiger partial charge in [-0.3, -0.25) is 15.1 Å². The molecule has 19 heavy (non-hydrogen) atoms. The zero-order valence-electron chi connectivity index (χ0n) is 10.3. The van der Waals surface area contributed by atoms with Crippen molar-refractivity contribution in [3.63, 3.8) is 0 Å². The average Bonchev–Trinajstić information content (AvgIpc) is 2.37. The minimum atomic E-state index is -0.498. The lowest BCUT2D eigenvalue weighted by atomic mass is 10.1. The second-order valence-electron chi connectivity index (χ2n) is 4.04. The molecule has 0 bridgehead atoms. The van der Waals surface area contributed by atoms with Crippen molar-refractivity contribution < 1.29 is 10.0 Å². The van der Waals surface area contributed by atoms with Crippen molar-refractivity contribution in [2.45, 2.75) is 6.92 Å². The summed E-state index contributed by atoms with van der Waals surface area (Å²) in [7, 11) is 0. The fourth-order valence-electron chi connectivity index (χ4n) is 1.62. The molecule has 0 fully saturated rings. The Morgan fingerprint density at radius 1 is 1.26 bits per heavy atom. The number of nitro benzene ring substituents is 1. The van der Waals surface area contributed by atoms with Gasteiger partial charge in [-0.2, -0.15) is 0 Å². The van der Waals surface area contributed by atoms with Gasteiger partial charge in [0.15, 0.2) is 0 Å². The predicted molar refractivity (Wildman–Crippen MR) is 72.7 cm³/mol. The van der Waals surface area contributed by atoms with Crippen LogP contribution in [0.2, 0.25) is 0 Å². The van der Waals surface area contributed by atoms with Gasteiger partial charge in [-0.25, -0.2) is 0 Å². The summed E-state index contributed by atoms with van der Waals surface area (Å²) in [6.45, 7) is 1.88. The third-order valence-corrected chi connectivity index (χ3v) is 2.57. The van der Waals surface area contributed by atoms with Crippen LogP contribution in [0.4, 0.5) is 5.69 Å². The zero-order valence-corrected chi connectivity index (χ0v) is 10.3. The molecule has 0 radical (unpaired) electrons. The molecule has 0 saturated heterocycles. The Morgan fingerprint density at radius 3 is 2.74 bits per heavy atom. The number of nitrogens with zero attached hydrogens (tertiary/aromatic N) is 2. The van der Waals surface area contributed by atoms with Gasteiger partial charge < -0.3 is 5.11 Å². The quantitative estimate of drug-likeness (QED) is 0.676. The lowest BCUT2D eigenvalue weighted by Crippen LogP contribution is -1.88. The van der Waals surface area contributed by atoms with E-state index in [1.54, 1.807) is 12.2 Å². The molecule has 1 heterocycles. The van der Waals surface area contributed by atoms with E-state index in [4.69, 9.17) is 0 Å². The first-order valence-electron chi connectivity index (χ1n) is 5.65. The number of pyridine rings is 1. The Balaban J connectivity index is 2.32. The highest BCUT2D eigenvalue weighted by molar-refractivity contribution is 5.72. The van der Waals surface area contributed by atoms with Crippen LogP contribution in [-0.4, -0.2) is 15.0 Å². The highest BCUT2D eigenvalue weighted by Gasteiger charge is 2.08. The standard InChI is InChI=1S/C14H12N2O3/c1-10-3-2-4-12(15-10)6-5-11-9-13(16(18)19)7-8-14(11)17/h2-9,17H,1H3/b6-5+. The van der Waals surface area contributed by atoms with Crippen LogP contribution >= 0.6 is 0 Å². The van der Waals surface area contributed by atoms with E-state index in [9.17, 15) is 15.2 Å². The topological polar surface area (TPSA) is 76.3 Å². The molecule has 1 aromatic carbocycles. The molecule has 0 aliphatic rings. The summed E-state index contributed by atoms with van der Waals surface area (Å²) in [6, 6.07) is 9.45. The molecule has 0 unspecified atom stereocenters. The number of aryl methyl sites for hydroxylation is 1. The molecular weight excluding hydrogens is 244 g/mol. The summed E-state index contributed by atoms with van der Waals surface area (Å²) in [4.78, 5) is 14.4. The van der Waals surface area contributed by atoms with Crippen molar-refractivity contribution in [3.8, 4) is 5.75 Å². The van der Waals surface area contributed by atoms with Gasteiger partial charge in [-0.1, -0.05) is 6.07 Å². The van der Waals surface area contributed by atoms with E-state index in [-0.39, 0.29) is 11.4 Å². The van der Waals surface area contributed by atoms with Gasteiger partial charge in [0.25, 0.3) is 5.69 Å². The number of aromatic nitrogens is 1. The molecular formula is C14H12N2O3. The molecule has 0 atom stereocenters. The monoisotopic (exact) mass is 256 g/mol. The first-order valence-corrected chi connectivity index (χ1v) is 5.65. The highest BCUT2D eigenvalue weighted by atomic mass is 16.6. The number of hydrogen-bond acceptors (Lipinski definition) is 4. The van der Waals surface area contributed by atoms with E-state index < -0.39 is 4.92 Å². The van der Waals surface area contributed by atoms with Gasteiger partial charge in [0.2, 0.25) is 0 Å². The molecule has 0 amide bonds. The maximum Gasteiger partial charge on any atom is 0.270 e. The number of hydrogen-bond donors (Lipinski definition) is 1. The Kier molecular flexibility index (Phi) is 3.56. The number of phenolic OH excluding ortho intramolecular Hbond substituents is 1. The van der Waals surface area contributed by atoms with E-state index in [1.807, 2.05) is 25.1 Å². The molecule has 1 aromatic heterocycles. The maximum atomic E-state index is 10.7. The summed E-state index contributed by atoms with van der Waals surface area (Å²) in [5.41, 5.74) is 1.93. The molecule has 2 rings (SSSR count). The van der Waals surface area contributed by atoms with Gasteiger partial charge in [-0.05, 0) is 37.3 Å². The fraction of sp³-hybridized carbons (Fsp3) is 0.0714. The zero-order chi connectivity index (χ0) is 13.8. The molecule has 2 aromatic rings. The van der Waals surface area contributed by atoms with Crippen LogP contribution in [0.5, 0.6) is 5.75 Å². The first kappa shape index (κ1) is 12.8. The van der Waals surface area contributed by atoms with Crippen molar-refractivity contribution in [1.82, 2.24) is 4.98 Å². The Hall–Kier alpha value is -2.69. The predicted octanol–water partition coefficient (Wildman–Crippen LogP) is 3.17. The lowest BCUT2D eigenvalue weighted by Gasteiger charge is -1.99. The van der Waals surface area contributed by atoms with E-state index >= 15 is 0 Å². The number of benzene rings is 1. The third kappa shape index (κ3) is 3.16. The van der Waals surface area contributed by atoms with Crippen LogP contribution in [0.15, 0.2) is 36.4 Å². The summed E-state index contributed by atoms with van der Waals surface area (Å²) in [6.07, 6.45) is 3.30. The maximum absolute atomic E-state index is 10.7. The molecule has 1 N–H and O–H groups in total. The number of nitro groups is 1. The Labute approximate surface area is 110 Å². The van der Waals surface area contributed by atoms with Crippen LogP contribution < -0.4 is 0 Å². The summed E-state index contributed by atoms with van der Waals surface area (Å²) >= 11 is 0. The fourth-order valence-corrected chi connectivity index (χ4v) is 1.62. The van der Waals surface area contributed by atoms with Crippen LogP contribution in [0, 0.1) is 17.0 Å². The average molecular weight is 256 g/mol. The lowest BCUT2D eigenvalue weighted by molar-refractivity contribution is -0.384. The summed E-state index contributed by atoms with van der Waals surface area (Å²) < 4.78 is 0.